The van der Waals surface area contributed by atoms with Gasteiger partial charge in [0, 0.05) is 13.2 Å². The van der Waals surface area contributed by atoms with Crippen LogP contribution in [-0.2, 0) is 0 Å². The van der Waals surface area contributed by atoms with Gasteiger partial charge in [0.05, 0.1) is 0 Å². The third kappa shape index (κ3) is 5.56. The van der Waals surface area contributed by atoms with E-state index < -0.39 is 0 Å². The molecule has 0 aliphatic carbocycles. The summed E-state index contributed by atoms with van der Waals surface area (Å²) in [6, 6.07) is 0. The lowest BCUT2D eigenvalue weighted by Crippen LogP contribution is -2.09. The molecule has 74 valence electrons. The first-order valence-corrected chi connectivity index (χ1v) is 4.94. The van der Waals surface area contributed by atoms with E-state index in [2.05, 4.69) is 13.8 Å². The van der Waals surface area contributed by atoms with Crippen molar-refractivity contribution in [3.05, 3.63) is 0 Å². The van der Waals surface area contributed by atoms with Crippen molar-refractivity contribution in [1.82, 2.24) is 0 Å². The van der Waals surface area contributed by atoms with Crippen LogP contribution in [0.1, 0.15) is 39.5 Å². The van der Waals surface area contributed by atoms with Crippen molar-refractivity contribution in [1.29, 1.82) is 0 Å². The van der Waals surface area contributed by atoms with Crippen LogP contribution >= 0.6 is 0 Å². The van der Waals surface area contributed by atoms with Gasteiger partial charge in [0.2, 0.25) is 0 Å². The summed E-state index contributed by atoms with van der Waals surface area (Å²) in [6.07, 6.45) is 4.09. The van der Waals surface area contributed by atoms with Gasteiger partial charge in [-0.1, -0.05) is 26.7 Å². The second-order valence-corrected chi connectivity index (χ2v) is 3.69. The van der Waals surface area contributed by atoms with Gasteiger partial charge in [-0.3, -0.25) is 0 Å². The number of aliphatic hydroxyl groups is 2. The highest BCUT2D eigenvalue weighted by molar-refractivity contribution is 4.61. The quantitative estimate of drug-likeness (QED) is 0.578. The highest BCUT2D eigenvalue weighted by Gasteiger charge is 2.10. The second-order valence-electron chi connectivity index (χ2n) is 3.69. The van der Waals surface area contributed by atoms with Crippen LogP contribution in [0.2, 0.25) is 0 Å². The Bertz CT molecular complexity index is 93.8. The third-order valence-corrected chi connectivity index (χ3v) is 2.62. The fourth-order valence-electron chi connectivity index (χ4n) is 1.35. The van der Waals surface area contributed by atoms with Crippen LogP contribution in [0.5, 0.6) is 0 Å². The first-order valence-electron chi connectivity index (χ1n) is 4.94. The van der Waals surface area contributed by atoms with Gasteiger partial charge in [-0.25, -0.2) is 0 Å². The molecule has 0 heterocycles. The van der Waals surface area contributed by atoms with E-state index in [1.807, 2.05) is 0 Å². The molecule has 0 bridgehead atoms. The summed E-state index contributed by atoms with van der Waals surface area (Å²) in [5, 5.41) is 17.3. The average molecular weight is 174 g/mol. The van der Waals surface area contributed by atoms with Crippen LogP contribution in [0.25, 0.3) is 0 Å². The fourth-order valence-corrected chi connectivity index (χ4v) is 1.35. The van der Waals surface area contributed by atoms with E-state index in [9.17, 15) is 0 Å². The predicted molar refractivity (Wildman–Crippen MR) is 51.0 cm³/mol. The molecule has 2 nitrogen and oxygen atoms in total. The molecular formula is C10H22O2. The minimum Gasteiger partial charge on any atom is -0.396 e. The molecule has 2 heteroatoms. The van der Waals surface area contributed by atoms with Crippen LogP contribution < -0.4 is 0 Å². The highest BCUT2D eigenvalue weighted by Crippen LogP contribution is 2.20. The molecule has 0 aliphatic rings. The van der Waals surface area contributed by atoms with E-state index in [-0.39, 0.29) is 0 Å². The molecular weight excluding hydrogens is 152 g/mol. The van der Waals surface area contributed by atoms with Crippen molar-refractivity contribution < 1.29 is 10.2 Å². The molecule has 2 unspecified atom stereocenters. The lowest BCUT2D eigenvalue weighted by Gasteiger charge is -2.18. The van der Waals surface area contributed by atoms with Gasteiger partial charge in [-0.15, -0.1) is 0 Å². The molecule has 0 aromatic carbocycles. The molecule has 0 radical (unpaired) electrons. The minimum absolute atomic E-state index is 0.297. The van der Waals surface area contributed by atoms with Crippen LogP contribution in [0.15, 0.2) is 0 Å². The second kappa shape index (κ2) is 7.56. The number of unbranched alkanes of at least 4 members (excludes halogenated alkanes) is 1. The van der Waals surface area contributed by atoms with Crippen molar-refractivity contribution in [2.24, 2.45) is 11.8 Å². The largest absolute Gasteiger partial charge is 0.396 e. The first-order chi connectivity index (χ1) is 5.72. The summed E-state index contributed by atoms with van der Waals surface area (Å²) in [5.74, 6) is 1.28. The number of hydrogen-bond acceptors (Lipinski definition) is 2. The molecule has 0 aromatic heterocycles. The van der Waals surface area contributed by atoms with Crippen LogP contribution in [0.4, 0.5) is 0 Å². The number of rotatable bonds is 7. The molecule has 0 saturated carbocycles. The van der Waals surface area contributed by atoms with Gasteiger partial charge in [0.15, 0.2) is 0 Å². The third-order valence-electron chi connectivity index (χ3n) is 2.62. The predicted octanol–water partition coefficient (Wildman–Crippen LogP) is 1.80. The zero-order valence-electron chi connectivity index (χ0n) is 8.29. The maximum atomic E-state index is 8.72. The number of hydrogen-bond donors (Lipinski definition) is 2. The summed E-state index contributed by atoms with van der Waals surface area (Å²) in [5.41, 5.74) is 0. The molecule has 2 atom stereocenters. The van der Waals surface area contributed by atoms with Gasteiger partial charge < -0.3 is 10.2 Å². The van der Waals surface area contributed by atoms with E-state index in [0.29, 0.717) is 25.0 Å². The Morgan fingerprint density at radius 3 is 1.92 bits per heavy atom. The monoisotopic (exact) mass is 174 g/mol. The van der Waals surface area contributed by atoms with E-state index in [1.54, 1.807) is 0 Å². The number of aliphatic hydroxyl groups excluding tert-OH is 2. The van der Waals surface area contributed by atoms with E-state index in [1.165, 1.54) is 6.42 Å². The Kier molecular flexibility index (Phi) is 7.51. The van der Waals surface area contributed by atoms with Crippen LogP contribution in [0.3, 0.4) is 0 Å². The Morgan fingerprint density at radius 1 is 0.833 bits per heavy atom. The van der Waals surface area contributed by atoms with Gasteiger partial charge in [-0.05, 0) is 24.7 Å². The Balaban J connectivity index is 3.35. The topological polar surface area (TPSA) is 40.5 Å². The fraction of sp³-hybridized carbons (Fsp3) is 1.00. The van der Waals surface area contributed by atoms with Gasteiger partial charge >= 0.3 is 0 Å². The van der Waals surface area contributed by atoms with Crippen molar-refractivity contribution in [3.63, 3.8) is 0 Å². The van der Waals surface area contributed by atoms with Gasteiger partial charge in [-0.2, -0.15) is 0 Å². The molecule has 2 N–H and O–H groups in total. The smallest absolute Gasteiger partial charge is 0.0433 e. The molecule has 0 amide bonds. The Morgan fingerprint density at radius 2 is 1.42 bits per heavy atom. The molecule has 0 aromatic rings. The van der Waals surface area contributed by atoms with Gasteiger partial charge in [0.1, 0.15) is 0 Å². The Hall–Kier alpha value is -0.0800. The summed E-state index contributed by atoms with van der Waals surface area (Å²) < 4.78 is 0. The maximum Gasteiger partial charge on any atom is 0.0433 e. The molecule has 0 fully saturated rings. The van der Waals surface area contributed by atoms with Crippen molar-refractivity contribution in [2.75, 3.05) is 13.2 Å². The van der Waals surface area contributed by atoms with Crippen molar-refractivity contribution in [2.45, 2.75) is 39.5 Å². The SMILES string of the molecule is CC(CCO)C(C)CCCCO. The summed E-state index contributed by atoms with van der Waals surface area (Å²) in [7, 11) is 0. The van der Waals surface area contributed by atoms with Crippen molar-refractivity contribution in [3.8, 4) is 0 Å². The zero-order chi connectivity index (χ0) is 9.40. The maximum absolute atomic E-state index is 8.72. The minimum atomic E-state index is 0.297. The molecule has 0 spiro atoms. The van der Waals surface area contributed by atoms with Crippen LogP contribution in [0, 0.1) is 11.8 Å². The lowest BCUT2D eigenvalue weighted by atomic mass is 9.89. The standard InChI is InChI=1S/C10H22O2/c1-9(5-3-4-7-11)10(2)6-8-12/h9-12H,3-8H2,1-2H3. The lowest BCUT2D eigenvalue weighted by molar-refractivity contribution is 0.223. The Labute approximate surface area is 75.6 Å². The molecule has 0 rings (SSSR count). The summed E-state index contributed by atoms with van der Waals surface area (Å²) in [4.78, 5) is 0. The van der Waals surface area contributed by atoms with Crippen molar-refractivity contribution >= 4 is 0 Å². The first kappa shape index (κ1) is 11.9. The summed E-state index contributed by atoms with van der Waals surface area (Å²) in [6.45, 7) is 5.00. The van der Waals surface area contributed by atoms with Crippen LogP contribution in [-0.4, -0.2) is 23.4 Å². The molecule has 12 heavy (non-hydrogen) atoms. The average Bonchev–Trinajstić information content (AvgIpc) is 2.05. The zero-order valence-corrected chi connectivity index (χ0v) is 8.29. The van der Waals surface area contributed by atoms with E-state index >= 15 is 0 Å². The van der Waals surface area contributed by atoms with E-state index in [0.717, 1.165) is 19.3 Å². The van der Waals surface area contributed by atoms with E-state index in [4.69, 9.17) is 10.2 Å². The highest BCUT2D eigenvalue weighted by atomic mass is 16.3. The van der Waals surface area contributed by atoms with Gasteiger partial charge in [0.25, 0.3) is 0 Å². The normalized spacial score (nSPS) is 16.0. The summed E-state index contributed by atoms with van der Waals surface area (Å²) >= 11 is 0. The molecule has 0 aliphatic heterocycles. The molecule has 0 saturated heterocycles.